The molecule has 0 radical (unpaired) electrons. The molecule has 0 saturated carbocycles. The number of hydrogen-bond donors (Lipinski definition) is 1. The minimum atomic E-state index is -0.0197. The van der Waals surface area contributed by atoms with Gasteiger partial charge in [-0.1, -0.05) is 12.1 Å². The highest BCUT2D eigenvalue weighted by Gasteiger charge is 2.20. The molecule has 3 heterocycles. The Morgan fingerprint density at radius 3 is 2.81 bits per heavy atom. The fourth-order valence-electron chi connectivity index (χ4n) is 2.48. The number of imidazole rings is 1. The van der Waals surface area contributed by atoms with Gasteiger partial charge in [0, 0.05) is 17.1 Å². The Balaban J connectivity index is 2.06. The first kappa shape index (κ1) is 14.1. The van der Waals surface area contributed by atoms with Gasteiger partial charge in [-0.05, 0) is 37.4 Å². The van der Waals surface area contributed by atoms with Crippen LogP contribution in [-0.2, 0) is 13.2 Å². The van der Waals surface area contributed by atoms with Crippen molar-refractivity contribution in [2.45, 2.75) is 33.0 Å². The van der Waals surface area contributed by atoms with E-state index in [9.17, 15) is 5.11 Å². The molecule has 0 aliphatic heterocycles. The van der Waals surface area contributed by atoms with E-state index >= 15 is 0 Å². The van der Waals surface area contributed by atoms with Gasteiger partial charge in [0.2, 0.25) is 0 Å². The summed E-state index contributed by atoms with van der Waals surface area (Å²) in [6, 6.07) is 10.4. The minimum absolute atomic E-state index is 0.0197. The van der Waals surface area contributed by atoms with E-state index in [0.717, 1.165) is 23.7 Å². The van der Waals surface area contributed by atoms with Crippen molar-refractivity contribution in [2.75, 3.05) is 4.90 Å². The summed E-state index contributed by atoms with van der Waals surface area (Å²) in [5, 5.41) is 11.9. The summed E-state index contributed by atoms with van der Waals surface area (Å²) in [5.74, 6) is 0.868. The highest BCUT2D eigenvalue weighted by atomic mass is 32.1. The van der Waals surface area contributed by atoms with E-state index in [1.165, 1.54) is 4.88 Å². The van der Waals surface area contributed by atoms with E-state index in [4.69, 9.17) is 4.98 Å². The molecule has 4 nitrogen and oxygen atoms in total. The Kier molecular flexibility index (Phi) is 3.94. The molecule has 1 N–H and O–H groups in total. The van der Waals surface area contributed by atoms with Crippen molar-refractivity contribution in [1.82, 2.24) is 9.38 Å². The van der Waals surface area contributed by atoms with E-state index in [1.54, 1.807) is 11.3 Å². The van der Waals surface area contributed by atoms with Gasteiger partial charge in [0.15, 0.2) is 5.82 Å². The molecule has 5 heteroatoms. The van der Waals surface area contributed by atoms with Crippen LogP contribution in [0.2, 0.25) is 0 Å². The molecule has 0 fully saturated rings. The monoisotopic (exact) mass is 301 g/mol. The van der Waals surface area contributed by atoms with Gasteiger partial charge in [-0.3, -0.25) is 4.40 Å². The third-order valence-corrected chi connectivity index (χ3v) is 4.42. The largest absolute Gasteiger partial charge is 0.390 e. The second kappa shape index (κ2) is 5.87. The maximum atomic E-state index is 9.78. The van der Waals surface area contributed by atoms with Gasteiger partial charge >= 0.3 is 0 Å². The van der Waals surface area contributed by atoms with Crippen molar-refractivity contribution in [3.8, 4) is 0 Å². The van der Waals surface area contributed by atoms with Crippen LogP contribution in [0.5, 0.6) is 0 Å². The molecule has 110 valence electrons. The standard InChI is InChI=1S/C16H19N3OS/c1-12(2)19(10-13-6-5-9-21-13)16-14(11-20)18-8-4-3-7-15(18)17-16/h3-9,12,20H,10-11H2,1-2H3. The van der Waals surface area contributed by atoms with Gasteiger partial charge in [-0.2, -0.15) is 0 Å². The zero-order valence-corrected chi connectivity index (χ0v) is 13.0. The van der Waals surface area contributed by atoms with Crippen molar-refractivity contribution >= 4 is 22.8 Å². The molecular formula is C16H19N3OS. The van der Waals surface area contributed by atoms with Gasteiger partial charge in [0.05, 0.1) is 18.8 Å². The van der Waals surface area contributed by atoms with E-state index in [0.29, 0.717) is 6.04 Å². The molecular weight excluding hydrogens is 282 g/mol. The number of aliphatic hydroxyl groups is 1. The van der Waals surface area contributed by atoms with Crippen molar-refractivity contribution in [3.05, 3.63) is 52.5 Å². The normalized spacial score (nSPS) is 11.4. The van der Waals surface area contributed by atoms with Gasteiger partial charge in [-0.15, -0.1) is 11.3 Å². The molecule has 0 aromatic carbocycles. The topological polar surface area (TPSA) is 40.8 Å². The van der Waals surface area contributed by atoms with E-state index in [2.05, 4.69) is 36.3 Å². The third kappa shape index (κ3) is 2.66. The van der Waals surface area contributed by atoms with Gasteiger partial charge in [0.25, 0.3) is 0 Å². The lowest BCUT2D eigenvalue weighted by molar-refractivity contribution is 0.276. The van der Waals surface area contributed by atoms with Crippen LogP contribution >= 0.6 is 11.3 Å². The van der Waals surface area contributed by atoms with Crippen LogP contribution in [0.3, 0.4) is 0 Å². The smallest absolute Gasteiger partial charge is 0.154 e. The fourth-order valence-corrected chi connectivity index (χ4v) is 3.19. The van der Waals surface area contributed by atoms with Crippen LogP contribution in [-0.4, -0.2) is 20.5 Å². The molecule has 0 spiro atoms. The maximum Gasteiger partial charge on any atom is 0.154 e. The number of nitrogens with zero attached hydrogens (tertiary/aromatic N) is 3. The maximum absolute atomic E-state index is 9.78. The number of aromatic nitrogens is 2. The highest BCUT2D eigenvalue weighted by Crippen LogP contribution is 2.26. The lowest BCUT2D eigenvalue weighted by atomic mass is 10.2. The van der Waals surface area contributed by atoms with Crippen LogP contribution in [0.15, 0.2) is 41.9 Å². The Morgan fingerprint density at radius 2 is 2.14 bits per heavy atom. The van der Waals surface area contributed by atoms with Crippen LogP contribution in [0.25, 0.3) is 5.65 Å². The third-order valence-electron chi connectivity index (χ3n) is 3.56. The molecule has 0 aliphatic rings. The van der Waals surface area contributed by atoms with Crippen molar-refractivity contribution in [3.63, 3.8) is 0 Å². The molecule has 21 heavy (non-hydrogen) atoms. The molecule has 0 saturated heterocycles. The Bertz CT molecular complexity index is 718. The molecule has 0 aliphatic carbocycles. The predicted octanol–water partition coefficient (Wildman–Crippen LogP) is 3.30. The van der Waals surface area contributed by atoms with Crippen molar-refractivity contribution < 1.29 is 5.11 Å². The second-order valence-corrected chi connectivity index (χ2v) is 6.30. The summed E-state index contributed by atoms with van der Waals surface area (Å²) in [5.41, 5.74) is 1.71. The summed E-state index contributed by atoms with van der Waals surface area (Å²) >= 11 is 1.74. The lowest BCUT2D eigenvalue weighted by Gasteiger charge is -2.27. The Morgan fingerprint density at radius 1 is 1.29 bits per heavy atom. The first-order chi connectivity index (χ1) is 10.2. The SMILES string of the molecule is CC(C)N(Cc1cccs1)c1nc2ccccn2c1CO. The summed E-state index contributed by atoms with van der Waals surface area (Å²) in [6.45, 7) is 5.10. The molecule has 3 rings (SSSR count). The number of anilines is 1. The van der Waals surface area contributed by atoms with E-state index < -0.39 is 0 Å². The number of thiophene rings is 1. The quantitative estimate of drug-likeness (QED) is 0.786. The van der Waals surface area contributed by atoms with E-state index in [1.807, 2.05) is 28.8 Å². The average molecular weight is 301 g/mol. The first-order valence-corrected chi connectivity index (χ1v) is 7.94. The van der Waals surface area contributed by atoms with Crippen molar-refractivity contribution in [2.24, 2.45) is 0 Å². The van der Waals surface area contributed by atoms with Crippen LogP contribution < -0.4 is 4.90 Å². The summed E-state index contributed by atoms with van der Waals surface area (Å²) in [7, 11) is 0. The highest BCUT2D eigenvalue weighted by molar-refractivity contribution is 7.09. The van der Waals surface area contributed by atoms with Gasteiger partial charge < -0.3 is 10.0 Å². The second-order valence-electron chi connectivity index (χ2n) is 5.27. The van der Waals surface area contributed by atoms with Crippen LogP contribution in [0.4, 0.5) is 5.82 Å². The Hall–Kier alpha value is -1.85. The van der Waals surface area contributed by atoms with E-state index in [-0.39, 0.29) is 6.61 Å². The fraction of sp³-hybridized carbons (Fsp3) is 0.312. The molecule has 0 amide bonds. The zero-order valence-electron chi connectivity index (χ0n) is 12.2. The first-order valence-electron chi connectivity index (χ1n) is 7.06. The minimum Gasteiger partial charge on any atom is -0.390 e. The molecule has 0 bridgehead atoms. The number of rotatable bonds is 5. The van der Waals surface area contributed by atoms with Crippen LogP contribution in [0.1, 0.15) is 24.4 Å². The summed E-state index contributed by atoms with van der Waals surface area (Å²) < 4.78 is 1.96. The number of hydrogen-bond acceptors (Lipinski definition) is 4. The average Bonchev–Trinajstić information content (AvgIpc) is 3.11. The predicted molar refractivity (Wildman–Crippen MR) is 86.8 cm³/mol. The molecule has 0 atom stereocenters. The summed E-state index contributed by atoms with van der Waals surface area (Å²) in [6.07, 6.45) is 1.95. The number of aliphatic hydroxyl groups excluding tert-OH is 1. The van der Waals surface area contributed by atoms with Crippen molar-refractivity contribution in [1.29, 1.82) is 0 Å². The van der Waals surface area contributed by atoms with Crippen LogP contribution in [0, 0.1) is 0 Å². The number of fused-ring (bicyclic) bond motifs is 1. The number of pyridine rings is 1. The van der Waals surface area contributed by atoms with Gasteiger partial charge in [0.1, 0.15) is 5.65 Å². The summed E-state index contributed by atoms with van der Waals surface area (Å²) in [4.78, 5) is 8.26. The van der Waals surface area contributed by atoms with Gasteiger partial charge in [-0.25, -0.2) is 4.98 Å². The Labute approximate surface area is 128 Å². The molecule has 3 aromatic heterocycles. The zero-order chi connectivity index (χ0) is 14.8. The lowest BCUT2D eigenvalue weighted by Crippen LogP contribution is -2.31. The molecule has 3 aromatic rings. The molecule has 0 unspecified atom stereocenters.